The highest BCUT2D eigenvalue weighted by Gasteiger charge is 2.43. The number of nitrogens with zero attached hydrogens (tertiary/aromatic N) is 2. The molecule has 2 fully saturated rings. The molecule has 3 unspecified atom stereocenters. The molecule has 2 heterocycles. The van der Waals surface area contributed by atoms with Crippen LogP contribution in [-0.4, -0.2) is 59.9 Å². The predicted octanol–water partition coefficient (Wildman–Crippen LogP) is 1.14. The molecule has 2 aliphatic rings. The van der Waals surface area contributed by atoms with Crippen molar-refractivity contribution in [1.82, 2.24) is 15.1 Å². The van der Waals surface area contributed by atoms with Crippen LogP contribution in [0.3, 0.4) is 0 Å². The van der Waals surface area contributed by atoms with Gasteiger partial charge in [-0.3, -0.25) is 14.5 Å². The van der Waals surface area contributed by atoms with Crippen molar-refractivity contribution >= 4 is 11.8 Å². The van der Waals surface area contributed by atoms with Gasteiger partial charge in [0.2, 0.25) is 11.8 Å². The minimum Gasteiger partial charge on any atom is -0.494 e. The molecule has 0 bridgehead atoms. The van der Waals surface area contributed by atoms with Gasteiger partial charge in [-0.2, -0.15) is 0 Å². The van der Waals surface area contributed by atoms with Gasteiger partial charge in [-0.1, -0.05) is 6.07 Å². The summed E-state index contributed by atoms with van der Waals surface area (Å²) in [5, 5.41) is 2.91. The number of hydrogen-bond donors (Lipinski definition) is 1. The Bertz CT molecular complexity index is 682. The van der Waals surface area contributed by atoms with E-state index in [2.05, 4.69) is 10.2 Å². The third-order valence-corrected chi connectivity index (χ3v) is 5.06. The van der Waals surface area contributed by atoms with E-state index in [0.717, 1.165) is 18.5 Å². The van der Waals surface area contributed by atoms with Gasteiger partial charge in [0.05, 0.1) is 13.2 Å². The average Bonchev–Trinajstić information content (AvgIpc) is 2.95. The number of rotatable bonds is 4. The fourth-order valence-corrected chi connectivity index (χ4v) is 3.82. The summed E-state index contributed by atoms with van der Waals surface area (Å²) < 4.78 is 18.6. The molecule has 136 valence electrons. The van der Waals surface area contributed by atoms with Crippen LogP contribution < -0.4 is 10.1 Å². The number of carbonyl (C=O) groups is 2. The zero-order valence-electron chi connectivity index (χ0n) is 14.8. The summed E-state index contributed by atoms with van der Waals surface area (Å²) in [6.07, 6.45) is 0.765. The van der Waals surface area contributed by atoms with Crippen LogP contribution in [0.5, 0.6) is 5.75 Å². The van der Waals surface area contributed by atoms with Gasteiger partial charge in [0.15, 0.2) is 11.6 Å². The normalized spacial score (nSPS) is 26.5. The van der Waals surface area contributed by atoms with Crippen LogP contribution in [0.4, 0.5) is 4.39 Å². The van der Waals surface area contributed by atoms with Crippen LogP contribution in [0, 0.1) is 5.82 Å². The standard InChI is InChI=1S/C18H24FN3O3/c1-11-18(24)22-9-14(20-12(2)23)7-15(22)10-21(11)8-13-4-5-16(19)17(6-13)25-3/h4-6,11,14-15H,7-10H2,1-3H3,(H,20,23). The van der Waals surface area contributed by atoms with E-state index in [1.54, 1.807) is 12.1 Å². The van der Waals surface area contributed by atoms with Crippen LogP contribution >= 0.6 is 0 Å². The Labute approximate surface area is 146 Å². The first-order chi connectivity index (χ1) is 11.9. The maximum Gasteiger partial charge on any atom is 0.240 e. The maximum atomic E-state index is 13.6. The summed E-state index contributed by atoms with van der Waals surface area (Å²) in [7, 11) is 1.44. The summed E-state index contributed by atoms with van der Waals surface area (Å²) in [5.41, 5.74) is 0.905. The van der Waals surface area contributed by atoms with Gasteiger partial charge in [0.25, 0.3) is 0 Å². The number of amides is 2. The van der Waals surface area contributed by atoms with E-state index in [4.69, 9.17) is 4.74 Å². The van der Waals surface area contributed by atoms with Crippen molar-refractivity contribution in [1.29, 1.82) is 0 Å². The van der Waals surface area contributed by atoms with E-state index in [-0.39, 0.29) is 35.7 Å². The second kappa shape index (κ2) is 7.00. The molecule has 1 aromatic rings. The first-order valence-electron chi connectivity index (χ1n) is 8.53. The third-order valence-electron chi connectivity index (χ3n) is 5.06. The molecule has 7 heteroatoms. The lowest BCUT2D eigenvalue weighted by molar-refractivity contribution is -0.143. The molecule has 0 aromatic heterocycles. The van der Waals surface area contributed by atoms with Crippen LogP contribution in [0.1, 0.15) is 25.8 Å². The van der Waals surface area contributed by atoms with E-state index < -0.39 is 5.82 Å². The molecular formula is C18H24FN3O3. The number of hydrogen-bond acceptors (Lipinski definition) is 4. The lowest BCUT2D eigenvalue weighted by Gasteiger charge is -2.41. The molecule has 25 heavy (non-hydrogen) atoms. The summed E-state index contributed by atoms with van der Waals surface area (Å²) in [6, 6.07) is 4.65. The first-order valence-corrected chi connectivity index (χ1v) is 8.53. The highest BCUT2D eigenvalue weighted by atomic mass is 19.1. The lowest BCUT2D eigenvalue weighted by Crippen LogP contribution is -2.58. The Balaban J connectivity index is 1.71. The summed E-state index contributed by atoms with van der Waals surface area (Å²) in [5.74, 6) is -0.172. The monoisotopic (exact) mass is 349 g/mol. The van der Waals surface area contributed by atoms with Gasteiger partial charge in [-0.25, -0.2) is 4.39 Å². The van der Waals surface area contributed by atoms with Gasteiger partial charge in [-0.15, -0.1) is 0 Å². The summed E-state index contributed by atoms with van der Waals surface area (Å²) >= 11 is 0. The molecule has 6 nitrogen and oxygen atoms in total. The number of halogens is 1. The molecule has 2 saturated heterocycles. The fourth-order valence-electron chi connectivity index (χ4n) is 3.82. The van der Waals surface area contributed by atoms with E-state index in [9.17, 15) is 14.0 Å². The highest BCUT2D eigenvalue weighted by molar-refractivity contribution is 5.83. The molecule has 0 radical (unpaired) electrons. The zero-order valence-corrected chi connectivity index (χ0v) is 14.8. The number of piperazine rings is 1. The van der Waals surface area contributed by atoms with Gasteiger partial charge < -0.3 is 15.0 Å². The van der Waals surface area contributed by atoms with E-state index in [1.165, 1.54) is 20.1 Å². The maximum absolute atomic E-state index is 13.6. The molecule has 0 aliphatic carbocycles. The second-order valence-corrected chi connectivity index (χ2v) is 6.85. The summed E-state index contributed by atoms with van der Waals surface area (Å²) in [4.78, 5) is 28.0. The van der Waals surface area contributed by atoms with Gasteiger partial charge in [0.1, 0.15) is 0 Å². The number of nitrogens with one attached hydrogen (secondary N) is 1. The van der Waals surface area contributed by atoms with Crippen LogP contribution in [0.25, 0.3) is 0 Å². The van der Waals surface area contributed by atoms with Crippen LogP contribution in [0.15, 0.2) is 18.2 Å². The minimum atomic E-state index is -0.394. The average molecular weight is 349 g/mol. The Morgan fingerprint density at radius 3 is 2.84 bits per heavy atom. The zero-order chi connectivity index (χ0) is 18.1. The quantitative estimate of drug-likeness (QED) is 0.886. The number of fused-ring (bicyclic) bond motifs is 1. The highest BCUT2D eigenvalue weighted by Crippen LogP contribution is 2.28. The molecule has 2 amide bonds. The molecule has 3 rings (SSSR count). The lowest BCUT2D eigenvalue weighted by atomic mass is 10.0. The molecule has 0 spiro atoms. The van der Waals surface area contributed by atoms with Crippen molar-refractivity contribution in [2.45, 2.75) is 44.9 Å². The molecule has 1 N–H and O–H groups in total. The molecule has 2 aliphatic heterocycles. The predicted molar refractivity (Wildman–Crippen MR) is 90.5 cm³/mol. The first kappa shape index (κ1) is 17.7. The largest absolute Gasteiger partial charge is 0.494 e. The van der Waals surface area contributed by atoms with Gasteiger partial charge in [0, 0.05) is 38.6 Å². The van der Waals surface area contributed by atoms with Crippen LogP contribution in [0.2, 0.25) is 0 Å². The Morgan fingerprint density at radius 2 is 2.16 bits per heavy atom. The van der Waals surface area contributed by atoms with Crippen molar-refractivity contribution in [3.05, 3.63) is 29.6 Å². The Morgan fingerprint density at radius 1 is 1.40 bits per heavy atom. The van der Waals surface area contributed by atoms with E-state index >= 15 is 0 Å². The number of methoxy groups -OCH3 is 1. The molecule has 1 aromatic carbocycles. The van der Waals surface area contributed by atoms with Crippen molar-refractivity contribution in [2.75, 3.05) is 20.2 Å². The van der Waals surface area contributed by atoms with Gasteiger partial charge >= 0.3 is 0 Å². The third kappa shape index (κ3) is 3.61. The summed E-state index contributed by atoms with van der Waals surface area (Å²) in [6.45, 7) is 5.26. The topological polar surface area (TPSA) is 61.9 Å². The van der Waals surface area contributed by atoms with E-state index in [1.807, 2.05) is 11.8 Å². The number of carbonyl (C=O) groups excluding carboxylic acids is 2. The van der Waals surface area contributed by atoms with Crippen molar-refractivity contribution < 1.29 is 18.7 Å². The van der Waals surface area contributed by atoms with Crippen molar-refractivity contribution in [3.8, 4) is 5.75 Å². The minimum absolute atomic E-state index is 0.0181. The van der Waals surface area contributed by atoms with Gasteiger partial charge in [-0.05, 0) is 31.0 Å². The fraction of sp³-hybridized carbons (Fsp3) is 0.556. The molecular weight excluding hydrogens is 325 g/mol. The number of benzene rings is 1. The molecule has 0 saturated carbocycles. The van der Waals surface area contributed by atoms with Crippen molar-refractivity contribution in [2.24, 2.45) is 0 Å². The van der Waals surface area contributed by atoms with E-state index in [0.29, 0.717) is 13.1 Å². The second-order valence-electron chi connectivity index (χ2n) is 6.85. The Kier molecular flexibility index (Phi) is 4.94. The van der Waals surface area contributed by atoms with Crippen molar-refractivity contribution in [3.63, 3.8) is 0 Å². The smallest absolute Gasteiger partial charge is 0.240 e. The van der Waals surface area contributed by atoms with Crippen LogP contribution in [-0.2, 0) is 16.1 Å². The molecule has 3 atom stereocenters. The SMILES string of the molecule is COc1cc(CN2CC3CC(NC(C)=O)CN3C(=O)C2C)ccc1F. The number of ether oxygens (including phenoxy) is 1. The Hall–Kier alpha value is -2.15.